The third-order valence-electron chi connectivity index (χ3n) is 5.54. The van der Waals surface area contributed by atoms with Crippen molar-refractivity contribution in [2.75, 3.05) is 19.7 Å². The van der Waals surface area contributed by atoms with Gasteiger partial charge in [-0.1, -0.05) is 13.3 Å². The van der Waals surface area contributed by atoms with Gasteiger partial charge in [-0.3, -0.25) is 9.59 Å². The lowest BCUT2D eigenvalue weighted by Crippen LogP contribution is -2.43. The second kappa shape index (κ2) is 8.20. The highest BCUT2D eigenvalue weighted by atomic mass is 32.1. The molecule has 1 aromatic heterocycles. The van der Waals surface area contributed by atoms with Gasteiger partial charge in [-0.05, 0) is 49.7 Å². The molecule has 1 aliphatic heterocycles. The van der Waals surface area contributed by atoms with Crippen LogP contribution in [0.25, 0.3) is 0 Å². The molecule has 0 radical (unpaired) electrons. The highest BCUT2D eigenvalue weighted by molar-refractivity contribution is 7.14. The zero-order valence-corrected chi connectivity index (χ0v) is 16.0. The van der Waals surface area contributed by atoms with Crippen LogP contribution in [0.1, 0.15) is 52.7 Å². The predicted octanol–water partition coefficient (Wildman–Crippen LogP) is 2.14. The summed E-state index contributed by atoms with van der Waals surface area (Å²) in [6.07, 6.45) is 5.55. The molecule has 0 aromatic carbocycles. The molecule has 1 fully saturated rings. The molecule has 2 aliphatic rings. The van der Waals surface area contributed by atoms with E-state index < -0.39 is 5.97 Å². The van der Waals surface area contributed by atoms with Gasteiger partial charge in [-0.15, -0.1) is 11.3 Å². The van der Waals surface area contributed by atoms with Crippen LogP contribution in [0.15, 0.2) is 6.07 Å². The first-order valence-corrected chi connectivity index (χ1v) is 10.1. The van der Waals surface area contributed by atoms with Gasteiger partial charge in [-0.2, -0.15) is 0 Å². The van der Waals surface area contributed by atoms with Gasteiger partial charge in [0.25, 0.3) is 5.91 Å². The average Bonchev–Trinajstić information content (AvgIpc) is 3.09. The zero-order chi connectivity index (χ0) is 18.7. The fourth-order valence-corrected chi connectivity index (χ4v) is 4.85. The van der Waals surface area contributed by atoms with Crippen LogP contribution in [-0.2, 0) is 27.2 Å². The molecule has 142 valence electrons. The third kappa shape index (κ3) is 4.26. The number of nitrogens with zero attached hydrogens (tertiary/aromatic N) is 1. The monoisotopic (exact) mass is 378 g/mol. The number of thiophene rings is 1. The maximum atomic E-state index is 12.3. The zero-order valence-electron chi connectivity index (χ0n) is 15.2. The lowest BCUT2D eigenvalue weighted by atomic mass is 9.87. The van der Waals surface area contributed by atoms with Gasteiger partial charge < -0.3 is 15.4 Å². The molecule has 7 heteroatoms. The molecule has 2 amide bonds. The Morgan fingerprint density at radius 3 is 2.65 bits per heavy atom. The van der Waals surface area contributed by atoms with E-state index in [0.717, 1.165) is 19.3 Å². The first-order chi connectivity index (χ1) is 12.5. The standard InChI is InChI=1S/C19H26N2O4S/c1-2-12-3-4-15-14(9-12)10-16(26-15)19(24)25-11-17(22)21-7-5-13(6-8-21)18(20)23/h10,12-13H,2-9,11H2,1H3,(H2,20,23)/t12-/m0/s1. The number of ether oxygens (including phenoxy) is 1. The minimum absolute atomic E-state index is 0.161. The van der Waals surface area contributed by atoms with Gasteiger partial charge in [0.2, 0.25) is 5.91 Å². The van der Waals surface area contributed by atoms with E-state index in [1.807, 2.05) is 6.07 Å². The Labute approximate surface area is 157 Å². The average molecular weight is 378 g/mol. The number of primary amides is 1. The van der Waals surface area contributed by atoms with Crippen molar-refractivity contribution < 1.29 is 19.1 Å². The number of amides is 2. The second-order valence-corrected chi connectivity index (χ2v) is 8.35. The number of carbonyl (C=O) groups is 3. The fraction of sp³-hybridized carbons (Fsp3) is 0.632. The van der Waals surface area contributed by atoms with Gasteiger partial charge in [0.15, 0.2) is 6.61 Å². The minimum atomic E-state index is -0.419. The van der Waals surface area contributed by atoms with E-state index in [4.69, 9.17) is 10.5 Å². The number of hydrogen-bond acceptors (Lipinski definition) is 5. The van der Waals surface area contributed by atoms with E-state index in [1.54, 1.807) is 4.90 Å². The van der Waals surface area contributed by atoms with Crippen molar-refractivity contribution in [3.63, 3.8) is 0 Å². The molecule has 2 N–H and O–H groups in total. The molecule has 6 nitrogen and oxygen atoms in total. The first-order valence-electron chi connectivity index (χ1n) is 9.33. The molecule has 0 bridgehead atoms. The summed E-state index contributed by atoms with van der Waals surface area (Å²) < 4.78 is 5.24. The normalized spacial score (nSPS) is 20.5. The van der Waals surface area contributed by atoms with Crippen LogP contribution < -0.4 is 5.73 Å². The molecular formula is C19H26N2O4S. The summed E-state index contributed by atoms with van der Waals surface area (Å²) in [5.74, 6) is -0.404. The molecule has 1 atom stereocenters. The maximum Gasteiger partial charge on any atom is 0.348 e. The highest BCUT2D eigenvalue weighted by Gasteiger charge is 2.27. The summed E-state index contributed by atoms with van der Waals surface area (Å²) >= 11 is 1.50. The number of piperidine rings is 1. The molecule has 2 heterocycles. The Kier molecular flexibility index (Phi) is 5.96. The lowest BCUT2D eigenvalue weighted by Gasteiger charge is -2.30. The SMILES string of the molecule is CC[C@H]1CCc2sc(C(=O)OCC(=O)N3CCC(C(N)=O)CC3)cc2C1. The van der Waals surface area contributed by atoms with Crippen LogP contribution >= 0.6 is 11.3 Å². The van der Waals surface area contributed by atoms with Crippen molar-refractivity contribution in [1.82, 2.24) is 4.90 Å². The fourth-order valence-electron chi connectivity index (χ4n) is 3.75. The summed E-state index contributed by atoms with van der Waals surface area (Å²) in [6, 6.07) is 1.94. The Morgan fingerprint density at radius 2 is 2.00 bits per heavy atom. The quantitative estimate of drug-likeness (QED) is 0.795. The number of likely N-dealkylation sites (tertiary alicyclic amines) is 1. The molecule has 0 spiro atoms. The lowest BCUT2D eigenvalue weighted by molar-refractivity contribution is -0.137. The number of rotatable bonds is 5. The smallest absolute Gasteiger partial charge is 0.348 e. The van der Waals surface area contributed by atoms with Crippen molar-refractivity contribution in [3.05, 3.63) is 21.4 Å². The number of nitrogens with two attached hydrogens (primary N) is 1. The van der Waals surface area contributed by atoms with Crippen LogP contribution in [-0.4, -0.2) is 42.4 Å². The number of esters is 1. The number of aryl methyl sites for hydroxylation is 1. The summed E-state index contributed by atoms with van der Waals surface area (Å²) in [7, 11) is 0. The van der Waals surface area contributed by atoms with Gasteiger partial charge >= 0.3 is 5.97 Å². The Morgan fingerprint density at radius 1 is 1.27 bits per heavy atom. The summed E-state index contributed by atoms with van der Waals surface area (Å²) in [5, 5.41) is 0. The van der Waals surface area contributed by atoms with Crippen molar-refractivity contribution in [2.24, 2.45) is 17.6 Å². The van der Waals surface area contributed by atoms with Crippen molar-refractivity contribution in [1.29, 1.82) is 0 Å². The van der Waals surface area contributed by atoms with Crippen molar-refractivity contribution in [2.45, 2.75) is 45.4 Å². The Balaban J connectivity index is 1.49. The van der Waals surface area contributed by atoms with Crippen LogP contribution in [0.2, 0.25) is 0 Å². The van der Waals surface area contributed by atoms with E-state index in [0.29, 0.717) is 36.7 Å². The largest absolute Gasteiger partial charge is 0.451 e. The van der Waals surface area contributed by atoms with Crippen molar-refractivity contribution >= 4 is 29.1 Å². The van der Waals surface area contributed by atoms with Crippen LogP contribution in [0.5, 0.6) is 0 Å². The molecule has 26 heavy (non-hydrogen) atoms. The van der Waals surface area contributed by atoms with E-state index in [9.17, 15) is 14.4 Å². The number of hydrogen-bond donors (Lipinski definition) is 1. The van der Waals surface area contributed by atoms with Gasteiger partial charge in [0.1, 0.15) is 4.88 Å². The molecule has 0 saturated carbocycles. The molecule has 0 unspecified atom stereocenters. The summed E-state index contributed by atoms with van der Waals surface area (Å²) in [4.78, 5) is 39.2. The van der Waals surface area contributed by atoms with Crippen LogP contribution in [0.4, 0.5) is 0 Å². The van der Waals surface area contributed by atoms with Crippen molar-refractivity contribution in [3.8, 4) is 0 Å². The summed E-state index contributed by atoms with van der Waals surface area (Å²) in [6.45, 7) is 2.92. The molecule has 1 saturated heterocycles. The predicted molar refractivity (Wildman–Crippen MR) is 98.9 cm³/mol. The van der Waals surface area contributed by atoms with Crippen LogP contribution in [0.3, 0.4) is 0 Å². The Bertz CT molecular complexity index is 692. The van der Waals surface area contributed by atoms with Gasteiger partial charge in [0.05, 0.1) is 0 Å². The molecule has 3 rings (SSSR count). The molecular weight excluding hydrogens is 352 g/mol. The van der Waals surface area contributed by atoms with E-state index in [2.05, 4.69) is 6.92 Å². The Hall–Kier alpha value is -1.89. The number of carbonyl (C=O) groups excluding carboxylic acids is 3. The van der Waals surface area contributed by atoms with Crippen LogP contribution in [0, 0.1) is 11.8 Å². The maximum absolute atomic E-state index is 12.3. The topological polar surface area (TPSA) is 89.7 Å². The second-order valence-electron chi connectivity index (χ2n) is 7.21. The first kappa shape index (κ1) is 18.9. The molecule has 1 aliphatic carbocycles. The summed E-state index contributed by atoms with van der Waals surface area (Å²) in [5.41, 5.74) is 6.56. The van der Waals surface area contributed by atoms with Gasteiger partial charge in [-0.25, -0.2) is 4.79 Å². The molecule has 1 aromatic rings. The van der Waals surface area contributed by atoms with E-state index in [-0.39, 0.29) is 24.3 Å². The van der Waals surface area contributed by atoms with Gasteiger partial charge in [0, 0.05) is 23.9 Å². The van der Waals surface area contributed by atoms with E-state index in [1.165, 1.54) is 28.2 Å². The minimum Gasteiger partial charge on any atom is -0.451 e. The highest BCUT2D eigenvalue weighted by Crippen LogP contribution is 2.33. The number of fused-ring (bicyclic) bond motifs is 1. The van der Waals surface area contributed by atoms with E-state index >= 15 is 0 Å². The third-order valence-corrected chi connectivity index (χ3v) is 6.76.